The lowest BCUT2D eigenvalue weighted by atomic mass is 10.2. The van der Waals surface area contributed by atoms with Crippen molar-refractivity contribution in [2.24, 2.45) is 0 Å². The van der Waals surface area contributed by atoms with Crippen LogP contribution in [0.4, 0.5) is 5.69 Å². The third-order valence-electron chi connectivity index (χ3n) is 4.08. The van der Waals surface area contributed by atoms with E-state index in [1.54, 1.807) is 0 Å². The van der Waals surface area contributed by atoms with E-state index < -0.39 is 0 Å². The molecule has 2 fully saturated rings. The predicted octanol–water partition coefficient (Wildman–Crippen LogP) is 1.79. The van der Waals surface area contributed by atoms with Gasteiger partial charge in [0.25, 0.3) is 0 Å². The number of halogens is 1. The van der Waals surface area contributed by atoms with Crippen LogP contribution in [0.2, 0.25) is 5.02 Å². The van der Waals surface area contributed by atoms with Crippen LogP contribution in [0.15, 0.2) is 24.3 Å². The number of carbonyl (C=O) groups excluding carboxylic acids is 1. The Morgan fingerprint density at radius 2 is 2.30 bits per heavy atom. The van der Waals surface area contributed by atoms with Crippen LogP contribution in [0.3, 0.4) is 0 Å². The molecule has 0 bridgehead atoms. The summed E-state index contributed by atoms with van der Waals surface area (Å²) in [4.78, 5) is 14.4. The zero-order valence-corrected chi connectivity index (χ0v) is 12.2. The lowest BCUT2D eigenvalue weighted by Crippen LogP contribution is -2.46. The SMILES string of the molecule is O=C(NC1CCN(c2cccc(Cl)c2)C1)C1CCCN1. The maximum absolute atomic E-state index is 12.1. The lowest BCUT2D eigenvalue weighted by Gasteiger charge is -2.20. The fraction of sp³-hybridized carbons (Fsp3) is 0.533. The van der Waals surface area contributed by atoms with Gasteiger partial charge in [-0.05, 0) is 44.0 Å². The van der Waals surface area contributed by atoms with Crippen molar-refractivity contribution >= 4 is 23.2 Å². The average molecular weight is 294 g/mol. The van der Waals surface area contributed by atoms with Crippen molar-refractivity contribution in [3.63, 3.8) is 0 Å². The van der Waals surface area contributed by atoms with Crippen LogP contribution in [-0.4, -0.2) is 37.6 Å². The van der Waals surface area contributed by atoms with Crippen LogP contribution in [0.5, 0.6) is 0 Å². The predicted molar refractivity (Wildman–Crippen MR) is 81.2 cm³/mol. The molecule has 1 aromatic carbocycles. The molecule has 2 saturated heterocycles. The smallest absolute Gasteiger partial charge is 0.237 e. The number of hydrogen-bond donors (Lipinski definition) is 2. The van der Waals surface area contributed by atoms with E-state index in [-0.39, 0.29) is 18.0 Å². The molecule has 4 nitrogen and oxygen atoms in total. The van der Waals surface area contributed by atoms with Gasteiger partial charge in [-0.25, -0.2) is 0 Å². The molecule has 108 valence electrons. The van der Waals surface area contributed by atoms with E-state index in [0.29, 0.717) is 0 Å². The molecule has 2 aliphatic heterocycles. The Morgan fingerprint density at radius 1 is 1.40 bits per heavy atom. The van der Waals surface area contributed by atoms with Crippen LogP contribution < -0.4 is 15.5 Å². The van der Waals surface area contributed by atoms with Crippen LogP contribution in [0.25, 0.3) is 0 Å². The molecular weight excluding hydrogens is 274 g/mol. The van der Waals surface area contributed by atoms with Gasteiger partial charge in [-0.3, -0.25) is 4.79 Å². The molecule has 2 atom stereocenters. The van der Waals surface area contributed by atoms with Gasteiger partial charge in [0.05, 0.1) is 6.04 Å². The summed E-state index contributed by atoms with van der Waals surface area (Å²) in [5, 5.41) is 7.15. The normalized spacial score (nSPS) is 25.9. The van der Waals surface area contributed by atoms with E-state index in [1.807, 2.05) is 18.2 Å². The summed E-state index contributed by atoms with van der Waals surface area (Å²) >= 11 is 6.03. The summed E-state index contributed by atoms with van der Waals surface area (Å²) in [7, 11) is 0. The van der Waals surface area contributed by atoms with Crippen molar-refractivity contribution < 1.29 is 4.79 Å². The Morgan fingerprint density at radius 3 is 3.05 bits per heavy atom. The molecule has 0 aliphatic carbocycles. The number of nitrogens with one attached hydrogen (secondary N) is 2. The number of anilines is 1. The van der Waals surface area contributed by atoms with E-state index >= 15 is 0 Å². The highest BCUT2D eigenvalue weighted by Crippen LogP contribution is 2.23. The van der Waals surface area contributed by atoms with Crippen molar-refractivity contribution in [1.82, 2.24) is 10.6 Å². The molecule has 20 heavy (non-hydrogen) atoms. The Labute approximate surface area is 124 Å². The summed E-state index contributed by atoms with van der Waals surface area (Å²) in [6.07, 6.45) is 3.04. The van der Waals surface area contributed by atoms with E-state index in [4.69, 9.17) is 11.6 Å². The van der Waals surface area contributed by atoms with Gasteiger partial charge >= 0.3 is 0 Å². The number of nitrogens with zero attached hydrogens (tertiary/aromatic N) is 1. The van der Waals surface area contributed by atoms with Crippen molar-refractivity contribution in [3.05, 3.63) is 29.3 Å². The van der Waals surface area contributed by atoms with Crippen LogP contribution in [0, 0.1) is 0 Å². The molecular formula is C15H20ClN3O. The maximum Gasteiger partial charge on any atom is 0.237 e. The van der Waals surface area contributed by atoms with Crippen LogP contribution in [0.1, 0.15) is 19.3 Å². The molecule has 5 heteroatoms. The molecule has 0 spiro atoms. The first-order valence-corrected chi connectivity index (χ1v) is 7.64. The van der Waals surface area contributed by atoms with E-state index in [9.17, 15) is 4.79 Å². The molecule has 3 rings (SSSR count). The highest BCUT2D eigenvalue weighted by Gasteiger charge is 2.28. The Kier molecular flexibility index (Phi) is 4.13. The van der Waals surface area contributed by atoms with Crippen molar-refractivity contribution in [1.29, 1.82) is 0 Å². The average Bonchev–Trinajstić information content (AvgIpc) is 3.10. The molecule has 1 amide bonds. The van der Waals surface area contributed by atoms with E-state index in [2.05, 4.69) is 21.6 Å². The highest BCUT2D eigenvalue weighted by atomic mass is 35.5. The minimum absolute atomic E-state index is 0.00946. The standard InChI is InChI=1S/C15H20ClN3O/c16-11-3-1-4-13(9-11)19-8-6-12(10-19)18-15(20)14-5-2-7-17-14/h1,3-4,9,12,14,17H,2,5-8,10H2,(H,18,20). The summed E-state index contributed by atoms with van der Waals surface area (Å²) in [5.41, 5.74) is 1.13. The van der Waals surface area contributed by atoms with Gasteiger partial charge in [-0.2, -0.15) is 0 Å². The zero-order chi connectivity index (χ0) is 13.9. The third kappa shape index (κ3) is 3.07. The van der Waals surface area contributed by atoms with Gasteiger partial charge in [0.15, 0.2) is 0 Å². The summed E-state index contributed by atoms with van der Waals surface area (Å²) < 4.78 is 0. The number of hydrogen-bond acceptors (Lipinski definition) is 3. The second-order valence-electron chi connectivity index (χ2n) is 5.57. The second kappa shape index (κ2) is 6.02. The lowest BCUT2D eigenvalue weighted by molar-refractivity contribution is -0.123. The number of benzene rings is 1. The molecule has 2 aliphatic rings. The van der Waals surface area contributed by atoms with Crippen molar-refractivity contribution in [3.8, 4) is 0 Å². The topological polar surface area (TPSA) is 44.4 Å². The van der Waals surface area contributed by atoms with Gasteiger partial charge in [0.2, 0.25) is 5.91 Å². The molecule has 0 saturated carbocycles. The Bertz CT molecular complexity index is 488. The van der Waals surface area contributed by atoms with Gasteiger partial charge in [-0.15, -0.1) is 0 Å². The first-order valence-electron chi connectivity index (χ1n) is 7.26. The monoisotopic (exact) mass is 293 g/mol. The second-order valence-corrected chi connectivity index (χ2v) is 6.01. The molecule has 1 aromatic rings. The molecule has 0 aromatic heterocycles. The van der Waals surface area contributed by atoms with Gasteiger partial charge in [-0.1, -0.05) is 17.7 Å². The fourth-order valence-electron chi connectivity index (χ4n) is 3.00. The summed E-state index contributed by atoms with van der Waals surface area (Å²) in [6.45, 7) is 2.78. The molecule has 2 N–H and O–H groups in total. The van der Waals surface area contributed by atoms with Gasteiger partial charge in [0.1, 0.15) is 0 Å². The van der Waals surface area contributed by atoms with E-state index in [0.717, 1.165) is 49.6 Å². The maximum atomic E-state index is 12.1. The first-order chi connectivity index (χ1) is 9.72. The summed E-state index contributed by atoms with van der Waals surface area (Å²) in [6, 6.07) is 8.14. The third-order valence-corrected chi connectivity index (χ3v) is 4.32. The minimum atomic E-state index is 0.00946. The Balaban J connectivity index is 1.55. The molecule has 0 radical (unpaired) electrons. The largest absolute Gasteiger partial charge is 0.369 e. The highest BCUT2D eigenvalue weighted by molar-refractivity contribution is 6.30. The first kappa shape index (κ1) is 13.7. The van der Waals surface area contributed by atoms with Crippen molar-refractivity contribution in [2.45, 2.75) is 31.3 Å². The number of rotatable bonds is 3. The zero-order valence-electron chi connectivity index (χ0n) is 11.4. The van der Waals surface area contributed by atoms with Gasteiger partial charge < -0.3 is 15.5 Å². The fourth-order valence-corrected chi connectivity index (χ4v) is 3.18. The van der Waals surface area contributed by atoms with Gasteiger partial charge in [0, 0.05) is 29.8 Å². The Hall–Kier alpha value is -1.26. The number of amides is 1. The minimum Gasteiger partial charge on any atom is -0.369 e. The van der Waals surface area contributed by atoms with Crippen LogP contribution >= 0.6 is 11.6 Å². The van der Waals surface area contributed by atoms with Crippen LogP contribution in [-0.2, 0) is 4.79 Å². The van der Waals surface area contributed by atoms with Crippen molar-refractivity contribution in [2.75, 3.05) is 24.5 Å². The quantitative estimate of drug-likeness (QED) is 0.893. The molecule has 2 unspecified atom stereocenters. The molecule has 2 heterocycles. The summed E-state index contributed by atoms with van der Waals surface area (Å²) in [5.74, 6) is 0.153. The number of carbonyl (C=O) groups is 1. The van der Waals surface area contributed by atoms with E-state index in [1.165, 1.54) is 0 Å².